The summed E-state index contributed by atoms with van der Waals surface area (Å²) in [4.78, 5) is 11.9. The molecule has 0 unspecified atom stereocenters. The van der Waals surface area contributed by atoms with Gasteiger partial charge in [0.15, 0.2) is 11.0 Å². The van der Waals surface area contributed by atoms with Crippen LogP contribution in [-0.2, 0) is 13.1 Å². The number of aromatic nitrogens is 2. The van der Waals surface area contributed by atoms with E-state index in [-0.39, 0.29) is 0 Å². The molecule has 1 aromatic heterocycles. The maximum absolute atomic E-state index is 6.09. The molecule has 0 bridgehead atoms. The quantitative estimate of drug-likeness (QED) is 0.591. The van der Waals surface area contributed by atoms with Gasteiger partial charge < -0.3 is 9.47 Å². The fourth-order valence-corrected chi connectivity index (χ4v) is 5.22. The molecule has 1 aromatic carbocycles. The van der Waals surface area contributed by atoms with Crippen LogP contribution in [0.3, 0.4) is 0 Å². The number of imidazole rings is 1. The first kappa shape index (κ1) is 18.9. The molecule has 144 valence electrons. The SMILES string of the molecule is CCn1cnc2c1N=C(SCCC1CCCCC1)N(c1ccc(Cl)cc1)C2. The Bertz CT molecular complexity index is 793. The van der Waals surface area contributed by atoms with Crippen molar-refractivity contribution in [2.24, 2.45) is 10.9 Å². The highest BCUT2D eigenvalue weighted by Crippen LogP contribution is 2.34. The number of fused-ring (bicyclic) bond motifs is 1. The first-order chi connectivity index (χ1) is 13.2. The predicted molar refractivity (Wildman–Crippen MR) is 116 cm³/mol. The lowest BCUT2D eigenvalue weighted by Crippen LogP contribution is -2.31. The highest BCUT2D eigenvalue weighted by Gasteiger charge is 2.25. The number of thioether (sulfide) groups is 1. The summed E-state index contributed by atoms with van der Waals surface area (Å²) in [5, 5.41) is 1.84. The molecule has 2 aliphatic rings. The molecule has 0 spiro atoms. The van der Waals surface area contributed by atoms with E-state index in [0.717, 1.165) is 52.1 Å². The summed E-state index contributed by atoms with van der Waals surface area (Å²) in [7, 11) is 0. The largest absolute Gasteiger partial charge is 0.316 e. The van der Waals surface area contributed by atoms with Gasteiger partial charge in [0, 0.05) is 23.0 Å². The number of hydrogen-bond acceptors (Lipinski definition) is 4. The molecule has 0 amide bonds. The topological polar surface area (TPSA) is 33.4 Å². The molecule has 2 heterocycles. The van der Waals surface area contributed by atoms with Crippen LogP contribution in [0.15, 0.2) is 35.6 Å². The van der Waals surface area contributed by atoms with Crippen molar-refractivity contribution >= 4 is 40.0 Å². The van der Waals surface area contributed by atoms with E-state index in [4.69, 9.17) is 16.6 Å². The van der Waals surface area contributed by atoms with E-state index < -0.39 is 0 Å². The number of nitrogens with zero attached hydrogens (tertiary/aromatic N) is 4. The van der Waals surface area contributed by atoms with Crippen LogP contribution in [0.1, 0.15) is 51.1 Å². The lowest BCUT2D eigenvalue weighted by Gasteiger charge is -2.29. The molecule has 0 N–H and O–H groups in total. The highest BCUT2D eigenvalue weighted by atomic mass is 35.5. The molecule has 1 aliphatic heterocycles. The third-order valence-electron chi connectivity index (χ3n) is 5.58. The van der Waals surface area contributed by atoms with Crippen LogP contribution in [0.5, 0.6) is 0 Å². The van der Waals surface area contributed by atoms with Gasteiger partial charge in [0.05, 0.1) is 12.9 Å². The lowest BCUT2D eigenvalue weighted by atomic mass is 9.88. The van der Waals surface area contributed by atoms with E-state index >= 15 is 0 Å². The second kappa shape index (κ2) is 8.70. The maximum Gasteiger partial charge on any atom is 0.170 e. The fourth-order valence-electron chi connectivity index (χ4n) is 3.98. The molecular weight excluding hydrogens is 376 g/mol. The normalized spacial score (nSPS) is 17.7. The number of aryl methyl sites for hydroxylation is 1. The Labute approximate surface area is 171 Å². The molecule has 4 rings (SSSR count). The molecule has 1 aliphatic carbocycles. The Hall–Kier alpha value is -1.46. The minimum Gasteiger partial charge on any atom is -0.316 e. The van der Waals surface area contributed by atoms with Crippen LogP contribution in [0, 0.1) is 5.92 Å². The van der Waals surface area contributed by atoms with Gasteiger partial charge in [-0.15, -0.1) is 0 Å². The molecule has 4 nitrogen and oxygen atoms in total. The Morgan fingerprint density at radius 3 is 2.67 bits per heavy atom. The number of benzene rings is 1. The van der Waals surface area contributed by atoms with E-state index in [9.17, 15) is 0 Å². The van der Waals surface area contributed by atoms with E-state index in [1.54, 1.807) is 0 Å². The third-order valence-corrected chi connectivity index (χ3v) is 6.85. The molecule has 27 heavy (non-hydrogen) atoms. The molecule has 0 atom stereocenters. The minimum atomic E-state index is 0.759. The summed E-state index contributed by atoms with van der Waals surface area (Å²) in [6.07, 6.45) is 10.2. The van der Waals surface area contributed by atoms with E-state index in [2.05, 4.69) is 33.5 Å². The van der Waals surface area contributed by atoms with Crippen molar-refractivity contribution in [3.05, 3.63) is 41.3 Å². The van der Waals surface area contributed by atoms with E-state index in [1.165, 1.54) is 38.5 Å². The smallest absolute Gasteiger partial charge is 0.170 e. The Morgan fingerprint density at radius 2 is 1.93 bits per heavy atom. The number of amidine groups is 1. The number of aliphatic imine (C=N–C) groups is 1. The second-order valence-corrected chi connectivity index (χ2v) is 8.90. The molecule has 0 radical (unpaired) electrons. The number of anilines is 1. The van der Waals surface area contributed by atoms with Crippen molar-refractivity contribution in [3.8, 4) is 0 Å². The fraction of sp³-hybridized carbons (Fsp3) is 0.524. The summed E-state index contributed by atoms with van der Waals surface area (Å²) >= 11 is 7.98. The standard InChI is InChI=1S/C21H27ClN4S/c1-2-25-15-23-19-14-26(18-10-8-17(22)9-11-18)21(24-20(19)25)27-13-12-16-6-4-3-5-7-16/h8-11,15-16H,2-7,12-14H2,1H3. The van der Waals surface area contributed by atoms with Crippen molar-refractivity contribution in [3.63, 3.8) is 0 Å². The summed E-state index contributed by atoms with van der Waals surface area (Å²) in [5.41, 5.74) is 2.17. The van der Waals surface area contributed by atoms with Gasteiger partial charge >= 0.3 is 0 Å². The van der Waals surface area contributed by atoms with Crippen molar-refractivity contribution < 1.29 is 0 Å². The summed E-state index contributed by atoms with van der Waals surface area (Å²) in [6.45, 7) is 3.80. The zero-order chi connectivity index (χ0) is 18.6. The number of hydrogen-bond donors (Lipinski definition) is 0. The van der Waals surface area contributed by atoms with E-state index in [0.29, 0.717) is 0 Å². The number of halogens is 1. The van der Waals surface area contributed by atoms with Gasteiger partial charge in [0.1, 0.15) is 5.69 Å². The molecule has 0 saturated heterocycles. The van der Waals surface area contributed by atoms with Crippen molar-refractivity contribution in [2.45, 2.75) is 58.5 Å². The minimum absolute atomic E-state index is 0.759. The monoisotopic (exact) mass is 402 g/mol. The van der Waals surface area contributed by atoms with Gasteiger partial charge in [-0.1, -0.05) is 55.5 Å². The van der Waals surface area contributed by atoms with Crippen LogP contribution in [0.2, 0.25) is 5.02 Å². The van der Waals surface area contributed by atoms with Gasteiger partial charge in [-0.2, -0.15) is 0 Å². The summed E-state index contributed by atoms with van der Waals surface area (Å²) < 4.78 is 2.14. The Balaban J connectivity index is 1.53. The van der Waals surface area contributed by atoms with Crippen LogP contribution < -0.4 is 4.90 Å². The molecule has 2 aromatic rings. The van der Waals surface area contributed by atoms with Crippen LogP contribution in [-0.4, -0.2) is 20.5 Å². The van der Waals surface area contributed by atoms with Gasteiger partial charge in [-0.25, -0.2) is 9.98 Å². The lowest BCUT2D eigenvalue weighted by molar-refractivity contribution is 0.352. The average Bonchev–Trinajstić information content (AvgIpc) is 3.11. The van der Waals surface area contributed by atoms with Gasteiger partial charge in [0.25, 0.3) is 0 Å². The number of rotatable bonds is 5. The first-order valence-corrected chi connectivity index (χ1v) is 11.4. The maximum atomic E-state index is 6.09. The van der Waals surface area contributed by atoms with Crippen LogP contribution in [0.25, 0.3) is 0 Å². The summed E-state index contributed by atoms with van der Waals surface area (Å²) in [5.74, 6) is 3.04. The second-order valence-electron chi connectivity index (χ2n) is 7.40. The first-order valence-electron chi connectivity index (χ1n) is 10.0. The Kier molecular flexibility index (Phi) is 6.08. The van der Waals surface area contributed by atoms with Crippen molar-refractivity contribution in [2.75, 3.05) is 10.7 Å². The zero-order valence-electron chi connectivity index (χ0n) is 15.9. The van der Waals surface area contributed by atoms with Gasteiger partial charge in [-0.3, -0.25) is 0 Å². The van der Waals surface area contributed by atoms with Gasteiger partial charge in [0.2, 0.25) is 0 Å². The molecule has 1 saturated carbocycles. The van der Waals surface area contributed by atoms with Crippen molar-refractivity contribution in [1.82, 2.24) is 9.55 Å². The van der Waals surface area contributed by atoms with Crippen molar-refractivity contribution in [1.29, 1.82) is 0 Å². The Morgan fingerprint density at radius 1 is 1.15 bits per heavy atom. The molecular formula is C21H27ClN4S. The van der Waals surface area contributed by atoms with Crippen LogP contribution in [0.4, 0.5) is 11.5 Å². The van der Waals surface area contributed by atoms with E-state index in [1.807, 2.05) is 30.2 Å². The molecule has 6 heteroatoms. The average molecular weight is 403 g/mol. The van der Waals surface area contributed by atoms with Crippen LogP contribution >= 0.6 is 23.4 Å². The highest BCUT2D eigenvalue weighted by molar-refractivity contribution is 8.14. The zero-order valence-corrected chi connectivity index (χ0v) is 17.5. The van der Waals surface area contributed by atoms with Gasteiger partial charge in [-0.05, 0) is 43.5 Å². The molecule has 1 fully saturated rings. The third kappa shape index (κ3) is 4.35. The summed E-state index contributed by atoms with van der Waals surface area (Å²) in [6, 6.07) is 8.03. The predicted octanol–water partition coefficient (Wildman–Crippen LogP) is 6.27.